The van der Waals surface area contributed by atoms with Gasteiger partial charge in [-0.1, -0.05) is 18.2 Å². The first-order valence-electron chi connectivity index (χ1n) is 8.43. The molecule has 0 aliphatic heterocycles. The third-order valence-corrected chi connectivity index (χ3v) is 4.30. The fraction of sp³-hybridized carbons (Fsp3) is 0.211. The molecular weight excluding hydrogens is 444 g/mol. The predicted octanol–water partition coefficient (Wildman–Crippen LogP) is 3.34. The van der Waals surface area contributed by atoms with Gasteiger partial charge in [0, 0.05) is 15.7 Å². The molecule has 28 heavy (non-hydrogen) atoms. The molecule has 1 amide bonds. The molecular formula is C19H21BrN4O3S. The van der Waals surface area contributed by atoms with E-state index in [2.05, 4.69) is 31.8 Å². The van der Waals surface area contributed by atoms with E-state index in [9.17, 15) is 4.79 Å². The highest BCUT2D eigenvalue weighted by Gasteiger charge is 2.12. The van der Waals surface area contributed by atoms with Crippen LogP contribution in [0, 0.1) is 6.92 Å². The predicted molar refractivity (Wildman–Crippen MR) is 118 cm³/mol. The Morgan fingerprint density at radius 3 is 2.68 bits per heavy atom. The van der Waals surface area contributed by atoms with Crippen molar-refractivity contribution in [3.8, 4) is 11.5 Å². The molecule has 7 nitrogen and oxygen atoms in total. The maximum Gasteiger partial charge on any atom is 0.262 e. The number of nitrogens with zero attached hydrogens (tertiary/aromatic N) is 1. The lowest BCUT2D eigenvalue weighted by Gasteiger charge is -2.14. The van der Waals surface area contributed by atoms with Crippen LogP contribution in [0.1, 0.15) is 18.1 Å². The van der Waals surface area contributed by atoms with E-state index < -0.39 is 0 Å². The van der Waals surface area contributed by atoms with E-state index in [-0.39, 0.29) is 17.6 Å². The molecule has 148 valence electrons. The van der Waals surface area contributed by atoms with Crippen molar-refractivity contribution in [2.24, 2.45) is 10.8 Å². The van der Waals surface area contributed by atoms with Gasteiger partial charge >= 0.3 is 0 Å². The number of aryl methyl sites for hydroxylation is 1. The van der Waals surface area contributed by atoms with E-state index in [0.29, 0.717) is 22.6 Å². The fourth-order valence-electron chi connectivity index (χ4n) is 2.24. The normalized spacial score (nSPS) is 10.5. The molecule has 0 fully saturated rings. The molecule has 2 aromatic rings. The minimum atomic E-state index is -0.265. The van der Waals surface area contributed by atoms with Crippen LogP contribution in [0.3, 0.4) is 0 Å². The molecule has 0 saturated carbocycles. The minimum absolute atomic E-state index is 0.0667. The van der Waals surface area contributed by atoms with E-state index in [1.165, 1.54) is 0 Å². The number of carbonyl (C=O) groups excluding carboxylic acids is 1. The molecule has 2 rings (SSSR count). The number of hydrogen-bond acceptors (Lipinski definition) is 5. The van der Waals surface area contributed by atoms with Crippen molar-refractivity contribution < 1.29 is 14.3 Å². The van der Waals surface area contributed by atoms with Crippen LogP contribution >= 0.6 is 28.1 Å². The number of hydrogen-bond donors (Lipinski definition) is 3. The monoisotopic (exact) mass is 464 g/mol. The summed E-state index contributed by atoms with van der Waals surface area (Å²) in [5.74, 6) is 0.665. The summed E-state index contributed by atoms with van der Waals surface area (Å²) in [6, 6.07) is 11.0. The van der Waals surface area contributed by atoms with Crippen LogP contribution in [0.4, 0.5) is 5.69 Å². The van der Waals surface area contributed by atoms with Gasteiger partial charge in [0.2, 0.25) is 0 Å². The smallest absolute Gasteiger partial charge is 0.262 e. The summed E-state index contributed by atoms with van der Waals surface area (Å²) >= 11 is 8.15. The van der Waals surface area contributed by atoms with E-state index >= 15 is 0 Å². The number of carbonyl (C=O) groups is 1. The van der Waals surface area contributed by atoms with Crippen LogP contribution in [-0.2, 0) is 4.79 Å². The molecule has 0 atom stereocenters. The van der Waals surface area contributed by atoms with Crippen molar-refractivity contribution in [2.75, 3.05) is 18.5 Å². The first kappa shape index (κ1) is 21.6. The molecule has 9 heteroatoms. The molecule has 2 aromatic carbocycles. The summed E-state index contributed by atoms with van der Waals surface area (Å²) in [6.45, 7) is 4.07. The van der Waals surface area contributed by atoms with Crippen LogP contribution in [0.2, 0.25) is 0 Å². The lowest BCUT2D eigenvalue weighted by molar-refractivity contribution is -0.118. The zero-order chi connectivity index (χ0) is 20.5. The van der Waals surface area contributed by atoms with Gasteiger partial charge in [0.15, 0.2) is 23.2 Å². The molecule has 0 aromatic heterocycles. The summed E-state index contributed by atoms with van der Waals surface area (Å²) in [6.07, 6.45) is 1.54. The summed E-state index contributed by atoms with van der Waals surface area (Å²) < 4.78 is 12.0. The van der Waals surface area contributed by atoms with Gasteiger partial charge < -0.3 is 20.5 Å². The summed E-state index contributed by atoms with van der Waals surface area (Å²) in [7, 11) is 0. The van der Waals surface area contributed by atoms with Crippen molar-refractivity contribution in [2.45, 2.75) is 13.8 Å². The lowest BCUT2D eigenvalue weighted by Crippen LogP contribution is -2.24. The van der Waals surface area contributed by atoms with Crippen molar-refractivity contribution in [1.29, 1.82) is 0 Å². The van der Waals surface area contributed by atoms with E-state index in [0.717, 1.165) is 16.8 Å². The third-order valence-electron chi connectivity index (χ3n) is 3.52. The van der Waals surface area contributed by atoms with E-state index in [1.807, 2.05) is 38.1 Å². The molecule has 0 aliphatic rings. The Morgan fingerprint density at radius 1 is 1.29 bits per heavy atom. The zero-order valence-corrected chi connectivity index (χ0v) is 17.9. The summed E-state index contributed by atoms with van der Waals surface area (Å²) in [4.78, 5) is 12.2. The highest BCUT2D eigenvalue weighted by molar-refractivity contribution is 9.10. The number of halogens is 1. The van der Waals surface area contributed by atoms with Gasteiger partial charge in [0.1, 0.15) is 0 Å². The number of anilines is 1. The van der Waals surface area contributed by atoms with Crippen molar-refractivity contribution in [1.82, 2.24) is 5.43 Å². The first-order valence-corrected chi connectivity index (χ1v) is 9.64. The van der Waals surface area contributed by atoms with E-state index in [4.69, 9.17) is 27.4 Å². The Hall–Kier alpha value is -2.65. The maximum absolute atomic E-state index is 12.2. The molecule has 0 spiro atoms. The van der Waals surface area contributed by atoms with Gasteiger partial charge in [-0.05, 0) is 65.8 Å². The number of amides is 1. The highest BCUT2D eigenvalue weighted by Crippen LogP contribution is 2.33. The van der Waals surface area contributed by atoms with Gasteiger partial charge in [-0.25, -0.2) is 0 Å². The SMILES string of the molecule is CCOc1cc(C=NNC(N)=S)c(Br)cc1OCC(=O)Nc1ccccc1C. The van der Waals surface area contributed by atoms with Crippen molar-refractivity contribution in [3.63, 3.8) is 0 Å². The standard InChI is InChI=1S/C19H21BrN4O3S/c1-3-26-16-8-13(10-22-24-19(21)28)14(20)9-17(16)27-11-18(25)23-15-7-5-4-6-12(15)2/h4-10H,3,11H2,1-2H3,(H,23,25)(H3,21,24,28). The number of nitrogens with two attached hydrogens (primary N) is 1. The van der Waals surface area contributed by atoms with Crippen LogP contribution in [0.5, 0.6) is 11.5 Å². The van der Waals surface area contributed by atoms with Crippen molar-refractivity contribution >= 4 is 51.1 Å². The maximum atomic E-state index is 12.2. The summed E-state index contributed by atoms with van der Waals surface area (Å²) in [5.41, 5.74) is 10.3. The molecule has 0 bridgehead atoms. The van der Waals surface area contributed by atoms with Gasteiger partial charge in [-0.15, -0.1) is 0 Å². The molecule has 4 N–H and O–H groups in total. The lowest BCUT2D eigenvalue weighted by atomic mass is 10.2. The highest BCUT2D eigenvalue weighted by atomic mass is 79.9. The number of para-hydroxylation sites is 1. The van der Waals surface area contributed by atoms with Crippen LogP contribution in [0.25, 0.3) is 0 Å². The van der Waals surface area contributed by atoms with Crippen molar-refractivity contribution in [3.05, 3.63) is 52.0 Å². The average molecular weight is 465 g/mol. The molecule has 0 unspecified atom stereocenters. The zero-order valence-electron chi connectivity index (χ0n) is 15.5. The molecule has 0 heterocycles. The molecule has 0 radical (unpaired) electrons. The molecule has 0 aliphatic carbocycles. The van der Waals surface area contributed by atoms with Gasteiger partial charge in [0.05, 0.1) is 12.8 Å². The van der Waals surface area contributed by atoms with Gasteiger partial charge in [-0.3, -0.25) is 10.2 Å². The Bertz CT molecular complexity index is 889. The fourth-order valence-corrected chi connectivity index (χ4v) is 2.72. The van der Waals surface area contributed by atoms with Gasteiger partial charge in [-0.2, -0.15) is 5.10 Å². The van der Waals surface area contributed by atoms with E-state index in [1.54, 1.807) is 18.3 Å². The summed E-state index contributed by atoms with van der Waals surface area (Å²) in [5, 5.41) is 6.82. The number of hydrazone groups is 1. The number of benzene rings is 2. The Balaban J connectivity index is 2.10. The topological polar surface area (TPSA) is 98.0 Å². The number of rotatable bonds is 8. The molecule has 0 saturated heterocycles. The second-order valence-corrected chi connectivity index (χ2v) is 6.93. The second kappa shape index (κ2) is 10.6. The first-order chi connectivity index (χ1) is 13.4. The Labute approximate surface area is 177 Å². The number of nitrogens with one attached hydrogen (secondary N) is 2. The second-order valence-electron chi connectivity index (χ2n) is 5.64. The van der Waals surface area contributed by atoms with Crippen LogP contribution < -0.4 is 25.9 Å². The minimum Gasteiger partial charge on any atom is -0.490 e. The van der Waals surface area contributed by atoms with Crippen LogP contribution in [-0.4, -0.2) is 30.4 Å². The number of thiocarbonyl (C=S) groups is 1. The Kier molecular flexibility index (Phi) is 8.21. The number of ether oxygens (including phenoxy) is 2. The third kappa shape index (κ3) is 6.50. The average Bonchev–Trinajstić information content (AvgIpc) is 2.64. The largest absolute Gasteiger partial charge is 0.490 e. The Morgan fingerprint density at radius 2 is 2.00 bits per heavy atom. The van der Waals surface area contributed by atoms with Gasteiger partial charge in [0.25, 0.3) is 5.91 Å². The quantitative estimate of drug-likeness (QED) is 0.314. The van der Waals surface area contributed by atoms with Crippen LogP contribution in [0.15, 0.2) is 46.0 Å².